The van der Waals surface area contributed by atoms with Crippen molar-refractivity contribution in [1.82, 2.24) is 15.5 Å². The molecule has 0 aliphatic rings. The Morgan fingerprint density at radius 2 is 1.81 bits per heavy atom. The van der Waals surface area contributed by atoms with E-state index in [4.69, 9.17) is 10.5 Å². The van der Waals surface area contributed by atoms with Gasteiger partial charge in [-0.05, 0) is 45.2 Å². The minimum absolute atomic E-state index is 0.0768. The van der Waals surface area contributed by atoms with Crippen molar-refractivity contribution in [2.45, 2.75) is 58.2 Å². The molecule has 11 heteroatoms. The van der Waals surface area contributed by atoms with E-state index in [2.05, 4.69) is 21.9 Å². The first kappa shape index (κ1) is 30.1. The number of hydrogen-bond donors (Lipinski definition) is 3. The Morgan fingerprint density at radius 1 is 1.17 bits per heavy atom. The summed E-state index contributed by atoms with van der Waals surface area (Å²) in [6, 6.07) is 4.53. The SMILES string of the molecule is C=CCN(C(=O)C(CCC(N)=O)NC(=O)OC(C)(C)C)C(C(=O)NCC(=O)OC)c1ccccc1C. The molecular weight excluding hydrogens is 468 g/mol. The van der Waals surface area contributed by atoms with E-state index in [-0.39, 0.29) is 19.4 Å². The van der Waals surface area contributed by atoms with Crippen LogP contribution >= 0.6 is 0 Å². The lowest BCUT2D eigenvalue weighted by molar-refractivity contribution is -0.144. The standard InChI is InChI=1S/C25H36N4O7/c1-7-14-29(23(33)18(12-13-19(26)30)28-24(34)36-25(3,4)5)21(17-11-9-8-10-16(17)2)22(32)27-15-20(31)35-6/h7-11,18,21H,1,12-15H2,2-6H3,(H2,26,30)(H,27,32)(H,28,34). The Hall–Kier alpha value is -3.89. The van der Waals surface area contributed by atoms with Crippen molar-refractivity contribution in [3.8, 4) is 0 Å². The summed E-state index contributed by atoms with van der Waals surface area (Å²) >= 11 is 0. The molecule has 0 bridgehead atoms. The van der Waals surface area contributed by atoms with Crippen molar-refractivity contribution in [2.75, 3.05) is 20.2 Å². The molecule has 1 rings (SSSR count). The number of ether oxygens (including phenoxy) is 2. The van der Waals surface area contributed by atoms with Gasteiger partial charge in [0.25, 0.3) is 0 Å². The molecule has 0 fully saturated rings. The van der Waals surface area contributed by atoms with Crippen LogP contribution in [0.15, 0.2) is 36.9 Å². The number of nitrogens with two attached hydrogens (primary N) is 1. The van der Waals surface area contributed by atoms with Crippen LogP contribution in [0.4, 0.5) is 4.79 Å². The maximum absolute atomic E-state index is 13.8. The number of esters is 1. The molecule has 0 heterocycles. The van der Waals surface area contributed by atoms with Crippen molar-refractivity contribution >= 4 is 29.8 Å². The predicted octanol–water partition coefficient (Wildman–Crippen LogP) is 1.50. The summed E-state index contributed by atoms with van der Waals surface area (Å²) in [7, 11) is 1.19. The minimum Gasteiger partial charge on any atom is -0.468 e. The smallest absolute Gasteiger partial charge is 0.408 e. The molecule has 0 spiro atoms. The van der Waals surface area contributed by atoms with Crippen LogP contribution in [0.3, 0.4) is 0 Å². The number of rotatable bonds is 12. The average Bonchev–Trinajstić information content (AvgIpc) is 2.79. The number of aryl methyl sites for hydroxylation is 1. The average molecular weight is 505 g/mol. The Morgan fingerprint density at radius 3 is 2.33 bits per heavy atom. The number of nitrogens with zero attached hydrogens (tertiary/aromatic N) is 1. The zero-order valence-electron chi connectivity index (χ0n) is 21.5. The van der Waals surface area contributed by atoms with Crippen LogP contribution in [0, 0.1) is 6.92 Å². The van der Waals surface area contributed by atoms with Gasteiger partial charge in [-0.3, -0.25) is 19.2 Å². The first-order valence-corrected chi connectivity index (χ1v) is 11.4. The molecule has 2 atom stereocenters. The molecule has 36 heavy (non-hydrogen) atoms. The van der Waals surface area contributed by atoms with Crippen LogP contribution in [0.1, 0.15) is 50.8 Å². The minimum atomic E-state index is -1.23. The number of benzene rings is 1. The van der Waals surface area contributed by atoms with Gasteiger partial charge < -0.3 is 30.7 Å². The van der Waals surface area contributed by atoms with Crippen molar-refractivity contribution in [3.05, 3.63) is 48.0 Å². The topological polar surface area (TPSA) is 157 Å². The molecule has 4 amide bonds. The highest BCUT2D eigenvalue weighted by atomic mass is 16.6. The third-order valence-corrected chi connectivity index (χ3v) is 4.96. The van der Waals surface area contributed by atoms with Gasteiger partial charge in [-0.1, -0.05) is 30.3 Å². The molecule has 1 aromatic carbocycles. The normalized spacial score (nSPS) is 12.5. The van der Waals surface area contributed by atoms with Gasteiger partial charge in [0.05, 0.1) is 7.11 Å². The van der Waals surface area contributed by atoms with Gasteiger partial charge in [-0.15, -0.1) is 6.58 Å². The van der Waals surface area contributed by atoms with E-state index in [1.807, 2.05) is 0 Å². The van der Waals surface area contributed by atoms with Crippen LogP contribution < -0.4 is 16.4 Å². The molecule has 1 aromatic rings. The van der Waals surface area contributed by atoms with Gasteiger partial charge in [0, 0.05) is 13.0 Å². The number of primary amides is 1. The van der Waals surface area contributed by atoms with Crippen LogP contribution in [0.25, 0.3) is 0 Å². The summed E-state index contributed by atoms with van der Waals surface area (Å²) in [6.07, 6.45) is 0.241. The quantitative estimate of drug-likeness (QED) is 0.287. The molecular formula is C25H36N4O7. The fraction of sp³-hybridized carbons (Fsp3) is 0.480. The molecule has 0 aromatic heterocycles. The van der Waals surface area contributed by atoms with Gasteiger partial charge in [-0.2, -0.15) is 0 Å². The van der Waals surface area contributed by atoms with E-state index in [0.717, 1.165) is 0 Å². The summed E-state index contributed by atoms with van der Waals surface area (Å²) < 4.78 is 9.85. The number of carbonyl (C=O) groups is 5. The van der Waals surface area contributed by atoms with Crippen LogP contribution in [-0.2, 0) is 28.7 Å². The van der Waals surface area contributed by atoms with Crippen molar-refractivity contribution in [2.24, 2.45) is 5.73 Å². The number of amides is 4. The number of carbonyl (C=O) groups excluding carboxylic acids is 5. The van der Waals surface area contributed by atoms with Crippen molar-refractivity contribution in [1.29, 1.82) is 0 Å². The molecule has 0 aliphatic carbocycles. The van der Waals surface area contributed by atoms with Gasteiger partial charge in [-0.25, -0.2) is 4.79 Å². The van der Waals surface area contributed by atoms with E-state index in [1.54, 1.807) is 52.0 Å². The summed E-state index contributed by atoms with van der Waals surface area (Å²) in [5.41, 5.74) is 5.66. The van der Waals surface area contributed by atoms with Gasteiger partial charge in [0.2, 0.25) is 17.7 Å². The highest BCUT2D eigenvalue weighted by Gasteiger charge is 2.36. The second-order valence-corrected chi connectivity index (χ2v) is 9.04. The molecule has 11 nitrogen and oxygen atoms in total. The van der Waals surface area contributed by atoms with Crippen molar-refractivity contribution in [3.63, 3.8) is 0 Å². The van der Waals surface area contributed by atoms with E-state index >= 15 is 0 Å². The summed E-state index contributed by atoms with van der Waals surface area (Å²) in [6.45, 7) is 9.96. The lowest BCUT2D eigenvalue weighted by Gasteiger charge is -2.34. The molecule has 2 unspecified atom stereocenters. The maximum atomic E-state index is 13.8. The van der Waals surface area contributed by atoms with Crippen molar-refractivity contribution < 1.29 is 33.4 Å². The predicted molar refractivity (Wildman–Crippen MR) is 132 cm³/mol. The molecule has 4 N–H and O–H groups in total. The molecule has 0 saturated heterocycles. The summed E-state index contributed by atoms with van der Waals surface area (Å²) in [4.78, 5) is 63.8. The number of alkyl carbamates (subject to hydrolysis) is 1. The van der Waals surface area contributed by atoms with Crippen LogP contribution in [0.2, 0.25) is 0 Å². The van der Waals surface area contributed by atoms with Crippen LogP contribution in [-0.4, -0.2) is 66.5 Å². The molecule has 0 saturated carbocycles. The first-order chi connectivity index (χ1) is 16.8. The monoisotopic (exact) mass is 504 g/mol. The zero-order valence-corrected chi connectivity index (χ0v) is 21.5. The zero-order chi connectivity index (χ0) is 27.5. The lowest BCUT2D eigenvalue weighted by atomic mass is 9.97. The third kappa shape index (κ3) is 9.77. The number of nitrogens with one attached hydrogen (secondary N) is 2. The maximum Gasteiger partial charge on any atom is 0.408 e. The van der Waals surface area contributed by atoms with Gasteiger partial charge >= 0.3 is 12.1 Å². The Kier molecular flexibility index (Phi) is 11.6. The van der Waals surface area contributed by atoms with E-state index < -0.39 is 54.0 Å². The second-order valence-electron chi connectivity index (χ2n) is 9.04. The number of methoxy groups -OCH3 is 1. The summed E-state index contributed by atoms with van der Waals surface area (Å²) in [5, 5.41) is 4.97. The van der Waals surface area contributed by atoms with E-state index in [1.165, 1.54) is 18.1 Å². The lowest BCUT2D eigenvalue weighted by Crippen LogP contribution is -2.53. The highest BCUT2D eigenvalue weighted by molar-refractivity contribution is 5.93. The Labute approximate surface area is 211 Å². The summed E-state index contributed by atoms with van der Waals surface area (Å²) in [5.74, 6) is -2.64. The fourth-order valence-corrected chi connectivity index (χ4v) is 3.33. The first-order valence-electron chi connectivity index (χ1n) is 11.4. The van der Waals surface area contributed by atoms with Gasteiger partial charge in [0.1, 0.15) is 24.2 Å². The second kappa shape index (κ2) is 13.9. The van der Waals surface area contributed by atoms with E-state index in [9.17, 15) is 24.0 Å². The molecule has 0 radical (unpaired) electrons. The molecule has 0 aliphatic heterocycles. The van der Waals surface area contributed by atoms with Gasteiger partial charge in [0.15, 0.2) is 0 Å². The Balaban J connectivity index is 3.45. The largest absolute Gasteiger partial charge is 0.468 e. The molecule has 198 valence electrons. The van der Waals surface area contributed by atoms with E-state index in [0.29, 0.717) is 11.1 Å². The fourth-order valence-electron chi connectivity index (χ4n) is 3.33. The third-order valence-electron chi connectivity index (χ3n) is 4.96. The highest BCUT2D eigenvalue weighted by Crippen LogP contribution is 2.26. The van der Waals surface area contributed by atoms with Crippen LogP contribution in [0.5, 0.6) is 0 Å². The number of hydrogen-bond acceptors (Lipinski definition) is 7. The Bertz CT molecular complexity index is 971.